The van der Waals surface area contributed by atoms with Gasteiger partial charge < -0.3 is 5.32 Å². The first-order chi connectivity index (χ1) is 10.6. The third kappa shape index (κ3) is 3.56. The molecule has 0 aliphatic rings. The van der Waals surface area contributed by atoms with Crippen molar-refractivity contribution in [2.45, 2.75) is 6.54 Å². The van der Waals surface area contributed by atoms with Crippen molar-refractivity contribution in [3.8, 4) is 0 Å². The second-order valence-corrected chi connectivity index (χ2v) is 5.83. The molecule has 0 saturated heterocycles. The zero-order valence-corrected chi connectivity index (χ0v) is 13.1. The molecule has 22 heavy (non-hydrogen) atoms. The van der Waals surface area contributed by atoms with E-state index < -0.39 is 0 Å². The summed E-state index contributed by atoms with van der Waals surface area (Å²) < 4.78 is 1.84. The number of carbonyl (C=O) groups is 1. The van der Waals surface area contributed by atoms with Crippen LogP contribution in [0.3, 0.4) is 0 Å². The Kier molecular flexibility index (Phi) is 4.27. The normalized spacial score (nSPS) is 10.6. The van der Waals surface area contributed by atoms with Crippen molar-refractivity contribution in [3.05, 3.63) is 71.0 Å². The van der Waals surface area contributed by atoms with Crippen molar-refractivity contribution in [1.29, 1.82) is 0 Å². The Labute approximate surface area is 138 Å². The molecule has 5 heteroatoms. The molecule has 0 unspecified atom stereocenters. The van der Waals surface area contributed by atoms with Crippen LogP contribution in [-0.4, -0.2) is 5.91 Å². The number of nitrogens with one attached hydrogen (secondary N) is 1. The van der Waals surface area contributed by atoms with E-state index in [1.165, 1.54) is 0 Å². The van der Waals surface area contributed by atoms with Crippen LogP contribution < -0.4 is 9.88 Å². The van der Waals surface area contributed by atoms with Crippen LogP contribution in [0, 0.1) is 0 Å². The Morgan fingerprint density at radius 2 is 1.68 bits per heavy atom. The molecule has 0 bridgehead atoms. The van der Waals surface area contributed by atoms with Crippen LogP contribution in [-0.2, 0) is 11.3 Å². The highest BCUT2D eigenvalue weighted by atomic mass is 35.5. The molecule has 0 saturated carbocycles. The summed E-state index contributed by atoms with van der Waals surface area (Å²) in [6, 6.07) is 14.9. The van der Waals surface area contributed by atoms with Gasteiger partial charge in [-0.1, -0.05) is 41.4 Å². The molecule has 3 rings (SSSR count). The van der Waals surface area contributed by atoms with Gasteiger partial charge in [0.25, 0.3) is 5.91 Å². The first kappa shape index (κ1) is 14.8. The summed E-state index contributed by atoms with van der Waals surface area (Å²) in [6.07, 6.45) is 3.83. The minimum Gasteiger partial charge on any atom is -0.320 e. The largest absolute Gasteiger partial charge is 0.320 e. The highest BCUT2D eigenvalue weighted by Crippen LogP contribution is 2.22. The molecule has 3 aromatic rings. The maximum atomic E-state index is 12.1. The smallest absolute Gasteiger partial charge is 0.290 e. The van der Waals surface area contributed by atoms with Crippen LogP contribution in [0.2, 0.25) is 10.0 Å². The van der Waals surface area contributed by atoms with E-state index in [9.17, 15) is 4.79 Å². The molecule has 110 valence electrons. The second kappa shape index (κ2) is 6.34. The van der Waals surface area contributed by atoms with Gasteiger partial charge in [-0.05, 0) is 29.7 Å². The van der Waals surface area contributed by atoms with Gasteiger partial charge in [0.2, 0.25) is 6.54 Å². The van der Waals surface area contributed by atoms with E-state index in [0.29, 0.717) is 15.7 Å². The number of nitrogens with zero attached hydrogens (tertiary/aromatic N) is 1. The number of amides is 1. The number of aromatic nitrogens is 1. The molecule has 0 spiro atoms. The molecule has 0 aliphatic heterocycles. The van der Waals surface area contributed by atoms with Crippen LogP contribution in [0.4, 0.5) is 5.69 Å². The lowest BCUT2D eigenvalue weighted by atomic mass is 10.2. The van der Waals surface area contributed by atoms with E-state index >= 15 is 0 Å². The van der Waals surface area contributed by atoms with Crippen molar-refractivity contribution in [2.75, 3.05) is 5.32 Å². The molecule has 1 heterocycles. The lowest BCUT2D eigenvalue weighted by molar-refractivity contribution is -0.682. The molecule has 1 aromatic heterocycles. The molecule has 3 nitrogen and oxygen atoms in total. The molecule has 0 atom stereocenters. The molecule has 1 N–H and O–H groups in total. The van der Waals surface area contributed by atoms with Gasteiger partial charge in [0.15, 0.2) is 12.4 Å². The molecule has 0 fully saturated rings. The minimum atomic E-state index is -0.140. The van der Waals surface area contributed by atoms with Crippen molar-refractivity contribution >= 4 is 45.6 Å². The minimum absolute atomic E-state index is 0.140. The van der Waals surface area contributed by atoms with Gasteiger partial charge in [-0.25, -0.2) is 0 Å². The highest BCUT2D eigenvalue weighted by molar-refractivity contribution is 6.35. The van der Waals surface area contributed by atoms with Crippen molar-refractivity contribution in [2.24, 2.45) is 0 Å². The number of carbonyl (C=O) groups excluding carboxylic acids is 1. The topological polar surface area (TPSA) is 33.0 Å². The number of hydrogen-bond acceptors (Lipinski definition) is 1. The first-order valence-electron chi connectivity index (χ1n) is 6.74. The van der Waals surface area contributed by atoms with Crippen LogP contribution in [0.5, 0.6) is 0 Å². The van der Waals surface area contributed by atoms with Gasteiger partial charge in [0.05, 0.1) is 0 Å². The third-order valence-electron chi connectivity index (χ3n) is 3.22. The Balaban J connectivity index is 1.75. The fourth-order valence-corrected chi connectivity index (χ4v) is 2.79. The molecular formula is C17H13Cl2N2O+. The fraction of sp³-hybridized carbons (Fsp3) is 0.0588. The van der Waals surface area contributed by atoms with Gasteiger partial charge in [0.1, 0.15) is 0 Å². The summed E-state index contributed by atoms with van der Waals surface area (Å²) in [7, 11) is 0. The summed E-state index contributed by atoms with van der Waals surface area (Å²) in [4.78, 5) is 12.1. The molecule has 2 aromatic carbocycles. The first-order valence-corrected chi connectivity index (χ1v) is 7.49. The van der Waals surface area contributed by atoms with E-state index in [1.807, 2.05) is 47.3 Å². The fourth-order valence-electron chi connectivity index (χ4n) is 2.27. The van der Waals surface area contributed by atoms with E-state index in [-0.39, 0.29) is 12.5 Å². The summed E-state index contributed by atoms with van der Waals surface area (Å²) >= 11 is 11.8. The van der Waals surface area contributed by atoms with Crippen molar-refractivity contribution < 1.29 is 9.36 Å². The van der Waals surface area contributed by atoms with Crippen LogP contribution in [0.15, 0.2) is 60.9 Å². The summed E-state index contributed by atoms with van der Waals surface area (Å²) in [5, 5.41) is 5.99. The molecule has 0 radical (unpaired) electrons. The number of anilines is 1. The van der Waals surface area contributed by atoms with E-state index in [2.05, 4.69) is 5.32 Å². The van der Waals surface area contributed by atoms with Gasteiger partial charge in [-0.2, -0.15) is 4.57 Å². The second-order valence-electron chi connectivity index (χ2n) is 4.95. The lowest BCUT2D eigenvalue weighted by Crippen LogP contribution is -2.39. The highest BCUT2D eigenvalue weighted by Gasteiger charge is 2.11. The molecule has 1 amide bonds. The number of halogens is 2. The third-order valence-corrected chi connectivity index (χ3v) is 3.66. The van der Waals surface area contributed by atoms with Crippen molar-refractivity contribution in [1.82, 2.24) is 0 Å². The average Bonchev–Trinajstić information content (AvgIpc) is 2.45. The molecular weight excluding hydrogens is 319 g/mol. The SMILES string of the molecule is O=C(C[n+]1ccc2ccccc2c1)Nc1cc(Cl)cc(Cl)c1. The maximum Gasteiger partial charge on any atom is 0.290 e. The Morgan fingerprint density at radius 3 is 2.41 bits per heavy atom. The number of hydrogen-bond donors (Lipinski definition) is 1. The Hall–Kier alpha value is -2.10. The predicted molar refractivity (Wildman–Crippen MR) is 89.2 cm³/mol. The van der Waals surface area contributed by atoms with Crippen molar-refractivity contribution in [3.63, 3.8) is 0 Å². The number of pyridine rings is 1. The van der Waals surface area contributed by atoms with E-state index in [4.69, 9.17) is 23.2 Å². The Morgan fingerprint density at radius 1 is 1.00 bits per heavy atom. The zero-order valence-electron chi connectivity index (χ0n) is 11.6. The molecule has 0 aliphatic carbocycles. The number of benzene rings is 2. The Bertz CT molecular complexity index is 829. The lowest BCUT2D eigenvalue weighted by Gasteiger charge is -2.05. The number of fused-ring (bicyclic) bond motifs is 1. The van der Waals surface area contributed by atoms with Gasteiger partial charge in [-0.15, -0.1) is 0 Å². The van der Waals surface area contributed by atoms with Crippen LogP contribution in [0.25, 0.3) is 10.8 Å². The van der Waals surface area contributed by atoms with Gasteiger partial charge in [-0.3, -0.25) is 4.79 Å². The summed E-state index contributed by atoms with van der Waals surface area (Å²) in [5.74, 6) is -0.140. The van der Waals surface area contributed by atoms with Gasteiger partial charge >= 0.3 is 0 Å². The van der Waals surface area contributed by atoms with Crippen LogP contribution >= 0.6 is 23.2 Å². The standard InChI is InChI=1S/C17H12Cl2N2O/c18-14-7-15(19)9-16(8-14)20-17(22)11-21-6-5-12-3-1-2-4-13(12)10-21/h1-10H,11H2/p+1. The van der Waals surface area contributed by atoms with E-state index in [1.54, 1.807) is 18.2 Å². The quantitative estimate of drug-likeness (QED) is 0.721. The summed E-state index contributed by atoms with van der Waals surface area (Å²) in [6.45, 7) is 0.217. The van der Waals surface area contributed by atoms with Crippen LogP contribution in [0.1, 0.15) is 0 Å². The monoisotopic (exact) mass is 331 g/mol. The number of rotatable bonds is 3. The zero-order chi connectivity index (χ0) is 15.5. The van der Waals surface area contributed by atoms with E-state index in [0.717, 1.165) is 10.8 Å². The van der Waals surface area contributed by atoms with Gasteiger partial charge in [0, 0.05) is 27.2 Å². The predicted octanol–water partition coefficient (Wildman–Crippen LogP) is 4.07. The average molecular weight is 332 g/mol. The summed E-state index contributed by atoms with van der Waals surface area (Å²) in [5.41, 5.74) is 0.587. The maximum absolute atomic E-state index is 12.1.